The number of pyridine rings is 1. The smallest absolute Gasteiger partial charge is 0.314 e. The molecular formula is C9H8ClN3O2. The Labute approximate surface area is 90.3 Å². The van der Waals surface area contributed by atoms with Crippen LogP contribution in [0.5, 0.6) is 0 Å². The second-order valence-corrected chi connectivity index (χ2v) is 3.62. The maximum absolute atomic E-state index is 10.7. The van der Waals surface area contributed by atoms with E-state index >= 15 is 0 Å². The third-order valence-electron chi connectivity index (χ3n) is 2.07. The van der Waals surface area contributed by atoms with Crippen LogP contribution >= 0.6 is 11.6 Å². The quantitative estimate of drug-likeness (QED) is 0.843. The Morgan fingerprint density at radius 3 is 3.00 bits per heavy atom. The summed E-state index contributed by atoms with van der Waals surface area (Å²) >= 11 is 5.77. The summed E-state index contributed by atoms with van der Waals surface area (Å²) in [4.78, 5) is 14.8. The van der Waals surface area contributed by atoms with Crippen molar-refractivity contribution in [3.63, 3.8) is 0 Å². The van der Waals surface area contributed by atoms with Gasteiger partial charge in [-0.3, -0.25) is 4.79 Å². The van der Waals surface area contributed by atoms with E-state index in [1.165, 1.54) is 4.52 Å². The van der Waals surface area contributed by atoms with Crippen LogP contribution in [0.15, 0.2) is 18.3 Å². The highest BCUT2D eigenvalue weighted by Crippen LogP contribution is 2.14. The van der Waals surface area contributed by atoms with Crippen LogP contribution in [0.1, 0.15) is 18.7 Å². The summed E-state index contributed by atoms with van der Waals surface area (Å²) in [5, 5.41) is 13.4. The maximum atomic E-state index is 10.7. The number of carboxylic acids is 1. The first-order valence-electron chi connectivity index (χ1n) is 4.32. The Bertz CT molecular complexity index is 523. The summed E-state index contributed by atoms with van der Waals surface area (Å²) in [5.41, 5.74) is 0.586. The van der Waals surface area contributed by atoms with Gasteiger partial charge >= 0.3 is 5.97 Å². The Balaban J connectivity index is 2.51. The molecular weight excluding hydrogens is 218 g/mol. The van der Waals surface area contributed by atoms with Crippen molar-refractivity contribution in [3.8, 4) is 0 Å². The van der Waals surface area contributed by atoms with Gasteiger partial charge in [-0.05, 0) is 19.1 Å². The average molecular weight is 226 g/mol. The predicted molar refractivity (Wildman–Crippen MR) is 54.0 cm³/mol. The van der Waals surface area contributed by atoms with Crippen LogP contribution in [0.25, 0.3) is 5.65 Å². The minimum atomic E-state index is -0.947. The number of carbonyl (C=O) groups is 1. The Kier molecular flexibility index (Phi) is 2.32. The standard InChI is InChI=1S/C9H8ClN3O2/c1-5(9(14)15)8-11-7-3-2-6(10)4-13(7)12-8/h2-5H,1H3,(H,14,15). The first kappa shape index (κ1) is 9.92. The van der Waals surface area contributed by atoms with Gasteiger partial charge in [0.25, 0.3) is 0 Å². The number of nitrogens with zero attached hydrogens (tertiary/aromatic N) is 3. The molecule has 15 heavy (non-hydrogen) atoms. The molecule has 0 spiro atoms. The first-order chi connectivity index (χ1) is 7.08. The van der Waals surface area contributed by atoms with Gasteiger partial charge in [-0.15, -0.1) is 0 Å². The zero-order valence-electron chi connectivity index (χ0n) is 7.88. The lowest BCUT2D eigenvalue weighted by atomic mass is 10.2. The summed E-state index contributed by atoms with van der Waals surface area (Å²) in [6.45, 7) is 1.54. The molecule has 1 N–H and O–H groups in total. The fraction of sp³-hybridized carbons (Fsp3) is 0.222. The highest BCUT2D eigenvalue weighted by Gasteiger charge is 2.18. The molecule has 2 heterocycles. The topological polar surface area (TPSA) is 67.5 Å². The van der Waals surface area contributed by atoms with E-state index in [1.54, 1.807) is 25.3 Å². The molecule has 0 amide bonds. The van der Waals surface area contributed by atoms with Crippen LogP contribution in [0.3, 0.4) is 0 Å². The first-order valence-corrected chi connectivity index (χ1v) is 4.70. The van der Waals surface area contributed by atoms with E-state index in [4.69, 9.17) is 16.7 Å². The van der Waals surface area contributed by atoms with Gasteiger partial charge in [-0.25, -0.2) is 9.50 Å². The molecule has 0 saturated carbocycles. The molecule has 0 aromatic carbocycles. The van der Waals surface area contributed by atoms with E-state index in [1.807, 2.05) is 0 Å². The number of hydrogen-bond donors (Lipinski definition) is 1. The molecule has 2 aromatic heterocycles. The Hall–Kier alpha value is -1.62. The molecule has 0 fully saturated rings. The van der Waals surface area contributed by atoms with Crippen molar-refractivity contribution in [1.82, 2.24) is 14.6 Å². The molecule has 0 aliphatic heterocycles. The molecule has 5 nitrogen and oxygen atoms in total. The van der Waals surface area contributed by atoms with Crippen molar-refractivity contribution in [2.24, 2.45) is 0 Å². The summed E-state index contributed by atoms with van der Waals surface area (Å²) in [6, 6.07) is 3.37. The van der Waals surface area contributed by atoms with Gasteiger partial charge < -0.3 is 5.11 Å². The fourth-order valence-corrected chi connectivity index (χ4v) is 1.32. The summed E-state index contributed by atoms with van der Waals surface area (Å²) in [7, 11) is 0. The SMILES string of the molecule is CC(C(=O)O)c1nc2ccc(Cl)cn2n1. The molecule has 6 heteroatoms. The lowest BCUT2D eigenvalue weighted by molar-refractivity contribution is -0.138. The van der Waals surface area contributed by atoms with Gasteiger partial charge in [0, 0.05) is 6.20 Å². The zero-order chi connectivity index (χ0) is 11.0. The summed E-state index contributed by atoms with van der Waals surface area (Å²) in [5.74, 6) is -1.38. The van der Waals surface area contributed by atoms with Crippen molar-refractivity contribution in [2.45, 2.75) is 12.8 Å². The van der Waals surface area contributed by atoms with Crippen molar-refractivity contribution >= 4 is 23.2 Å². The Morgan fingerprint density at radius 1 is 1.60 bits per heavy atom. The highest BCUT2D eigenvalue weighted by atomic mass is 35.5. The lowest BCUT2D eigenvalue weighted by Crippen LogP contribution is -2.09. The van der Waals surface area contributed by atoms with Crippen molar-refractivity contribution in [2.75, 3.05) is 0 Å². The Morgan fingerprint density at radius 2 is 2.33 bits per heavy atom. The minimum absolute atomic E-state index is 0.282. The van der Waals surface area contributed by atoms with Crippen LogP contribution in [-0.4, -0.2) is 25.7 Å². The number of aromatic nitrogens is 3. The van der Waals surface area contributed by atoms with E-state index in [-0.39, 0.29) is 5.82 Å². The van der Waals surface area contributed by atoms with Gasteiger partial charge in [0.05, 0.1) is 5.02 Å². The van der Waals surface area contributed by atoms with E-state index in [9.17, 15) is 4.79 Å². The molecule has 0 aliphatic rings. The lowest BCUT2D eigenvalue weighted by Gasteiger charge is -1.97. The number of rotatable bonds is 2. The van der Waals surface area contributed by atoms with Gasteiger partial charge in [0.15, 0.2) is 11.5 Å². The third-order valence-corrected chi connectivity index (χ3v) is 2.29. The average Bonchev–Trinajstić information content (AvgIpc) is 2.58. The fourth-order valence-electron chi connectivity index (χ4n) is 1.17. The highest BCUT2D eigenvalue weighted by molar-refractivity contribution is 6.30. The third kappa shape index (κ3) is 1.78. The molecule has 1 unspecified atom stereocenters. The summed E-state index contributed by atoms with van der Waals surface area (Å²) in [6.07, 6.45) is 1.59. The zero-order valence-corrected chi connectivity index (χ0v) is 8.64. The van der Waals surface area contributed by atoms with Crippen LogP contribution < -0.4 is 0 Å². The van der Waals surface area contributed by atoms with Crippen LogP contribution in [0, 0.1) is 0 Å². The molecule has 2 rings (SSSR count). The molecule has 0 saturated heterocycles. The van der Waals surface area contributed by atoms with Gasteiger partial charge in [-0.2, -0.15) is 5.10 Å². The number of fused-ring (bicyclic) bond motifs is 1. The molecule has 2 aromatic rings. The number of carboxylic acid groups (broad SMARTS) is 1. The second-order valence-electron chi connectivity index (χ2n) is 3.18. The maximum Gasteiger partial charge on any atom is 0.314 e. The van der Waals surface area contributed by atoms with Crippen molar-refractivity contribution in [1.29, 1.82) is 0 Å². The van der Waals surface area contributed by atoms with E-state index < -0.39 is 11.9 Å². The van der Waals surface area contributed by atoms with E-state index in [0.717, 1.165) is 0 Å². The van der Waals surface area contributed by atoms with Gasteiger partial charge in [0.2, 0.25) is 0 Å². The van der Waals surface area contributed by atoms with Crippen molar-refractivity contribution < 1.29 is 9.90 Å². The van der Waals surface area contributed by atoms with Crippen LogP contribution in [-0.2, 0) is 4.79 Å². The molecule has 1 atom stereocenters. The molecule has 78 valence electrons. The van der Waals surface area contributed by atoms with Crippen LogP contribution in [0.4, 0.5) is 0 Å². The summed E-state index contributed by atoms with van der Waals surface area (Å²) < 4.78 is 1.47. The minimum Gasteiger partial charge on any atom is -0.481 e. The number of hydrogen-bond acceptors (Lipinski definition) is 3. The van der Waals surface area contributed by atoms with Gasteiger partial charge in [-0.1, -0.05) is 11.6 Å². The molecule has 0 radical (unpaired) electrons. The number of halogens is 1. The predicted octanol–water partition coefficient (Wildman–Crippen LogP) is 1.57. The molecule has 0 bridgehead atoms. The van der Waals surface area contributed by atoms with Crippen LogP contribution in [0.2, 0.25) is 5.02 Å². The van der Waals surface area contributed by atoms with Crippen molar-refractivity contribution in [3.05, 3.63) is 29.2 Å². The number of aliphatic carboxylic acids is 1. The van der Waals surface area contributed by atoms with E-state index in [0.29, 0.717) is 10.7 Å². The monoisotopic (exact) mass is 225 g/mol. The normalized spacial score (nSPS) is 12.9. The van der Waals surface area contributed by atoms with E-state index in [2.05, 4.69) is 10.1 Å². The van der Waals surface area contributed by atoms with Gasteiger partial charge in [0.1, 0.15) is 5.92 Å². The largest absolute Gasteiger partial charge is 0.481 e. The second kappa shape index (κ2) is 3.51. The molecule has 0 aliphatic carbocycles.